The molecular formula is C13H18ClNO5S. The fraction of sp³-hybridized carbons (Fsp3) is 0.462. The third-order valence-electron chi connectivity index (χ3n) is 2.97. The normalized spacial score (nSPS) is 11.6. The molecule has 0 saturated heterocycles. The molecule has 0 heterocycles. The number of halogens is 1. The van der Waals surface area contributed by atoms with E-state index in [4.69, 9.17) is 21.8 Å². The third-order valence-corrected chi connectivity index (χ3v) is 4.78. The highest BCUT2D eigenvalue weighted by atomic mass is 35.5. The lowest BCUT2D eigenvalue weighted by Gasteiger charge is -2.12. The fourth-order valence-electron chi connectivity index (χ4n) is 1.85. The summed E-state index contributed by atoms with van der Waals surface area (Å²) in [4.78, 5) is 11.0. The zero-order valence-corrected chi connectivity index (χ0v) is 13.2. The van der Waals surface area contributed by atoms with Crippen molar-refractivity contribution in [1.29, 1.82) is 0 Å². The minimum Gasteiger partial charge on any atom is -0.478 e. The molecule has 1 aromatic rings. The van der Waals surface area contributed by atoms with E-state index in [0.29, 0.717) is 19.3 Å². The molecule has 0 aliphatic heterocycles. The van der Waals surface area contributed by atoms with Crippen LogP contribution in [-0.4, -0.2) is 37.8 Å². The van der Waals surface area contributed by atoms with Crippen molar-refractivity contribution in [3.63, 3.8) is 0 Å². The third kappa shape index (κ3) is 4.96. The van der Waals surface area contributed by atoms with Crippen molar-refractivity contribution in [3.05, 3.63) is 28.3 Å². The van der Waals surface area contributed by atoms with E-state index < -0.39 is 16.0 Å². The molecule has 0 aliphatic carbocycles. The molecule has 0 aliphatic rings. The van der Waals surface area contributed by atoms with Crippen LogP contribution in [0.5, 0.6) is 0 Å². The van der Waals surface area contributed by atoms with Gasteiger partial charge in [-0.3, -0.25) is 0 Å². The average molecular weight is 336 g/mol. The van der Waals surface area contributed by atoms with Gasteiger partial charge in [-0.15, -0.1) is 0 Å². The zero-order valence-electron chi connectivity index (χ0n) is 11.6. The van der Waals surface area contributed by atoms with Gasteiger partial charge in [-0.2, -0.15) is 0 Å². The van der Waals surface area contributed by atoms with Crippen LogP contribution in [0.1, 0.15) is 35.2 Å². The molecule has 1 rings (SSSR count). The van der Waals surface area contributed by atoms with Crippen molar-refractivity contribution in [2.24, 2.45) is 0 Å². The van der Waals surface area contributed by atoms with E-state index >= 15 is 0 Å². The lowest BCUT2D eigenvalue weighted by atomic mass is 10.1. The maximum absolute atomic E-state index is 12.2. The number of hydrogen-bond acceptors (Lipinski definition) is 4. The topological polar surface area (TPSA) is 104 Å². The van der Waals surface area contributed by atoms with Gasteiger partial charge in [-0.25, -0.2) is 17.9 Å². The number of carboxylic acid groups (broad SMARTS) is 1. The van der Waals surface area contributed by atoms with Crippen LogP contribution < -0.4 is 4.72 Å². The summed E-state index contributed by atoms with van der Waals surface area (Å²) in [5, 5.41) is 17.8. The number of rotatable bonds is 8. The first-order chi connectivity index (χ1) is 9.79. The Hall–Kier alpha value is -1.15. The summed E-state index contributed by atoms with van der Waals surface area (Å²) in [5.41, 5.74) is 0.0120. The van der Waals surface area contributed by atoms with Crippen molar-refractivity contribution >= 4 is 27.6 Å². The molecule has 8 heteroatoms. The number of aromatic carboxylic acids is 1. The summed E-state index contributed by atoms with van der Waals surface area (Å²) in [5.74, 6) is -1.23. The van der Waals surface area contributed by atoms with Crippen molar-refractivity contribution in [2.45, 2.75) is 31.1 Å². The van der Waals surface area contributed by atoms with Crippen LogP contribution in [0.15, 0.2) is 17.0 Å². The summed E-state index contributed by atoms with van der Waals surface area (Å²) in [6, 6.07) is 2.46. The van der Waals surface area contributed by atoms with Gasteiger partial charge in [-0.1, -0.05) is 11.6 Å². The lowest BCUT2D eigenvalue weighted by molar-refractivity contribution is 0.0696. The van der Waals surface area contributed by atoms with Gasteiger partial charge in [0.25, 0.3) is 0 Å². The van der Waals surface area contributed by atoms with Crippen LogP contribution in [0.3, 0.4) is 0 Å². The quantitative estimate of drug-likeness (QED) is 0.628. The molecule has 0 bridgehead atoms. The maximum atomic E-state index is 12.2. The predicted octanol–water partition coefficient (Wildman–Crippen LogP) is 1.79. The molecule has 6 nitrogen and oxygen atoms in total. The van der Waals surface area contributed by atoms with Gasteiger partial charge in [-0.05, 0) is 43.9 Å². The second-order valence-corrected chi connectivity index (χ2v) is 6.74. The fourth-order valence-corrected chi connectivity index (χ4v) is 3.50. The van der Waals surface area contributed by atoms with Crippen molar-refractivity contribution < 1.29 is 23.4 Å². The molecule has 0 radical (unpaired) electrons. The van der Waals surface area contributed by atoms with Gasteiger partial charge in [0.1, 0.15) is 0 Å². The Morgan fingerprint density at radius 2 is 1.95 bits per heavy atom. The number of hydrogen-bond donors (Lipinski definition) is 3. The summed E-state index contributed by atoms with van der Waals surface area (Å²) in [6.07, 6.45) is 1.90. The van der Waals surface area contributed by atoms with Crippen LogP contribution in [0.25, 0.3) is 0 Å². The van der Waals surface area contributed by atoms with E-state index in [0.717, 1.165) is 0 Å². The van der Waals surface area contributed by atoms with E-state index in [1.165, 1.54) is 19.1 Å². The van der Waals surface area contributed by atoms with Crippen LogP contribution >= 0.6 is 11.6 Å². The summed E-state index contributed by atoms with van der Waals surface area (Å²) in [7, 11) is -3.82. The van der Waals surface area contributed by atoms with Crippen LogP contribution in [0.4, 0.5) is 0 Å². The number of aliphatic hydroxyl groups excluding tert-OH is 1. The average Bonchev–Trinajstić information content (AvgIpc) is 2.40. The Bertz CT molecular complexity index is 615. The minimum atomic E-state index is -3.82. The van der Waals surface area contributed by atoms with Gasteiger partial charge in [0, 0.05) is 18.2 Å². The Morgan fingerprint density at radius 3 is 2.52 bits per heavy atom. The smallest absolute Gasteiger partial charge is 0.336 e. The van der Waals surface area contributed by atoms with Gasteiger partial charge >= 0.3 is 5.97 Å². The highest BCUT2D eigenvalue weighted by Gasteiger charge is 2.21. The summed E-state index contributed by atoms with van der Waals surface area (Å²) >= 11 is 5.79. The Balaban J connectivity index is 2.95. The molecule has 0 spiro atoms. The van der Waals surface area contributed by atoms with Gasteiger partial charge in [0.15, 0.2) is 0 Å². The Labute approximate surface area is 128 Å². The molecule has 3 N–H and O–H groups in total. The van der Waals surface area contributed by atoms with E-state index in [9.17, 15) is 13.2 Å². The highest BCUT2D eigenvalue weighted by Crippen LogP contribution is 2.24. The monoisotopic (exact) mass is 335 g/mol. The number of aliphatic hydroxyl groups is 1. The number of carboxylic acids is 1. The molecule has 0 amide bonds. The second-order valence-electron chi connectivity index (χ2n) is 4.56. The van der Waals surface area contributed by atoms with Crippen LogP contribution in [0.2, 0.25) is 5.02 Å². The molecule has 0 fully saturated rings. The van der Waals surface area contributed by atoms with E-state index in [2.05, 4.69) is 4.72 Å². The lowest BCUT2D eigenvalue weighted by Crippen LogP contribution is -2.26. The van der Waals surface area contributed by atoms with Crippen LogP contribution in [-0.2, 0) is 10.0 Å². The van der Waals surface area contributed by atoms with Crippen molar-refractivity contribution in [3.8, 4) is 0 Å². The molecule has 0 atom stereocenters. The van der Waals surface area contributed by atoms with E-state index in [-0.39, 0.29) is 34.2 Å². The molecule has 0 saturated carbocycles. The Kier molecular flexibility index (Phi) is 6.60. The number of sulfonamides is 1. The molecule has 1 aromatic carbocycles. The summed E-state index contributed by atoms with van der Waals surface area (Å²) in [6.45, 7) is 1.72. The standard InChI is InChI=1S/C13H18ClNO5S/c1-9-11(13(17)18)7-10(14)8-12(9)21(19,20)15-5-3-2-4-6-16/h7-8,15-16H,2-6H2,1H3,(H,17,18). The zero-order chi connectivity index (χ0) is 16.0. The molecule has 21 heavy (non-hydrogen) atoms. The molecule has 0 aromatic heterocycles. The molecule has 0 unspecified atom stereocenters. The van der Waals surface area contributed by atoms with Gasteiger partial charge in [0.2, 0.25) is 10.0 Å². The highest BCUT2D eigenvalue weighted by molar-refractivity contribution is 7.89. The van der Waals surface area contributed by atoms with Crippen molar-refractivity contribution in [1.82, 2.24) is 4.72 Å². The molecular weight excluding hydrogens is 318 g/mol. The molecule has 118 valence electrons. The number of nitrogens with one attached hydrogen (secondary N) is 1. The largest absolute Gasteiger partial charge is 0.478 e. The van der Waals surface area contributed by atoms with E-state index in [1.807, 2.05) is 0 Å². The van der Waals surface area contributed by atoms with Crippen molar-refractivity contribution in [2.75, 3.05) is 13.2 Å². The SMILES string of the molecule is Cc1c(C(=O)O)cc(Cl)cc1S(=O)(=O)NCCCCCO. The Morgan fingerprint density at radius 1 is 1.29 bits per heavy atom. The first kappa shape index (κ1) is 17.9. The minimum absolute atomic E-state index is 0.0543. The predicted molar refractivity (Wildman–Crippen MR) is 79.3 cm³/mol. The summed E-state index contributed by atoms with van der Waals surface area (Å²) < 4.78 is 26.8. The first-order valence-electron chi connectivity index (χ1n) is 6.43. The number of unbranched alkanes of at least 4 members (excludes halogenated alkanes) is 2. The van der Waals surface area contributed by atoms with Crippen LogP contribution in [0, 0.1) is 6.92 Å². The first-order valence-corrected chi connectivity index (χ1v) is 8.29. The number of carbonyl (C=O) groups is 1. The van der Waals surface area contributed by atoms with Gasteiger partial charge < -0.3 is 10.2 Å². The van der Waals surface area contributed by atoms with E-state index in [1.54, 1.807) is 0 Å². The second kappa shape index (κ2) is 7.74. The van der Waals surface area contributed by atoms with Gasteiger partial charge in [0.05, 0.1) is 10.5 Å². The number of benzene rings is 1. The maximum Gasteiger partial charge on any atom is 0.336 e.